The highest BCUT2D eigenvalue weighted by atomic mass is 35.5. The lowest BCUT2D eigenvalue weighted by atomic mass is 10.1. The lowest BCUT2D eigenvalue weighted by Gasteiger charge is -2.09. The summed E-state index contributed by atoms with van der Waals surface area (Å²) in [6.45, 7) is 0.862. The minimum Gasteiger partial charge on any atom is -0.490 e. The Morgan fingerprint density at radius 1 is 1.16 bits per heavy atom. The number of hydrogen-bond donors (Lipinski definition) is 1. The first-order chi connectivity index (χ1) is 15.0. The molecule has 1 amide bonds. The summed E-state index contributed by atoms with van der Waals surface area (Å²) < 4.78 is 16.2. The summed E-state index contributed by atoms with van der Waals surface area (Å²) in [6, 6.07) is 12.6. The summed E-state index contributed by atoms with van der Waals surface area (Å²) in [4.78, 5) is 13.6. The smallest absolute Gasteiger partial charge is 0.253 e. The molecule has 0 aliphatic heterocycles. The average Bonchev–Trinajstić information content (AvgIpc) is 3.40. The molecule has 4 rings (SSSR count). The number of methoxy groups -OCH3 is 1. The van der Waals surface area contributed by atoms with E-state index in [1.165, 1.54) is 4.90 Å². The molecule has 2 aromatic heterocycles. The number of nitrogens with zero attached hydrogens (tertiary/aromatic N) is 3. The SMILES string of the molecule is COCCOc1cc2[nH]nc(-c3cc(-c4ccc(C(=O)N(C)C)cc4)no3)c2cc1Cl. The summed E-state index contributed by atoms with van der Waals surface area (Å²) >= 11 is 6.38. The normalized spacial score (nSPS) is 11.1. The Balaban J connectivity index is 1.60. The van der Waals surface area contributed by atoms with E-state index in [1.54, 1.807) is 51.5 Å². The lowest BCUT2D eigenvalue weighted by Crippen LogP contribution is -2.21. The van der Waals surface area contributed by atoms with Gasteiger partial charge in [-0.1, -0.05) is 28.9 Å². The predicted molar refractivity (Wildman–Crippen MR) is 117 cm³/mol. The zero-order chi connectivity index (χ0) is 22.0. The zero-order valence-electron chi connectivity index (χ0n) is 17.3. The van der Waals surface area contributed by atoms with Crippen molar-refractivity contribution in [1.29, 1.82) is 0 Å². The van der Waals surface area contributed by atoms with Gasteiger partial charge in [0.15, 0.2) is 5.76 Å². The van der Waals surface area contributed by atoms with Crippen molar-refractivity contribution in [2.24, 2.45) is 0 Å². The van der Waals surface area contributed by atoms with E-state index in [-0.39, 0.29) is 5.91 Å². The standard InChI is InChI=1S/C22H21ClN4O4/c1-27(2)22(28)14-6-4-13(5-7-14)17-11-20(31-26-17)21-15-10-16(23)19(30-9-8-29-3)12-18(15)24-25-21/h4-7,10-12H,8-9H2,1-3H3,(H,24,25). The lowest BCUT2D eigenvalue weighted by molar-refractivity contribution is 0.0827. The number of aromatic nitrogens is 3. The van der Waals surface area contributed by atoms with Crippen LogP contribution in [-0.4, -0.2) is 60.6 Å². The van der Waals surface area contributed by atoms with E-state index >= 15 is 0 Å². The molecule has 0 saturated heterocycles. The Morgan fingerprint density at radius 3 is 2.65 bits per heavy atom. The molecule has 1 N–H and O–H groups in total. The van der Waals surface area contributed by atoms with E-state index < -0.39 is 0 Å². The van der Waals surface area contributed by atoms with E-state index in [9.17, 15) is 4.79 Å². The Kier molecular flexibility index (Phi) is 5.92. The second kappa shape index (κ2) is 8.79. The first-order valence-corrected chi connectivity index (χ1v) is 9.94. The number of fused-ring (bicyclic) bond motifs is 1. The molecule has 0 spiro atoms. The van der Waals surface area contributed by atoms with E-state index in [4.69, 9.17) is 25.6 Å². The van der Waals surface area contributed by atoms with Gasteiger partial charge in [0, 0.05) is 49.9 Å². The molecule has 9 heteroatoms. The average molecular weight is 441 g/mol. The van der Waals surface area contributed by atoms with Crippen molar-refractivity contribution in [2.75, 3.05) is 34.4 Å². The molecule has 0 atom stereocenters. The van der Waals surface area contributed by atoms with Crippen LogP contribution in [0.1, 0.15) is 10.4 Å². The minimum atomic E-state index is -0.0576. The second-order valence-electron chi connectivity index (χ2n) is 7.10. The molecule has 0 unspecified atom stereocenters. The largest absolute Gasteiger partial charge is 0.490 e. The number of amides is 1. The molecular formula is C22H21ClN4O4. The highest BCUT2D eigenvalue weighted by Crippen LogP contribution is 2.35. The molecule has 0 fully saturated rings. The van der Waals surface area contributed by atoms with Gasteiger partial charge in [0.25, 0.3) is 5.91 Å². The topological polar surface area (TPSA) is 93.5 Å². The molecule has 0 bridgehead atoms. The third-order valence-electron chi connectivity index (χ3n) is 4.74. The molecule has 8 nitrogen and oxygen atoms in total. The van der Waals surface area contributed by atoms with E-state index in [2.05, 4.69) is 15.4 Å². The van der Waals surface area contributed by atoms with Crippen LogP contribution >= 0.6 is 11.6 Å². The monoisotopic (exact) mass is 440 g/mol. The fraction of sp³-hybridized carbons (Fsp3) is 0.227. The number of nitrogens with one attached hydrogen (secondary N) is 1. The van der Waals surface area contributed by atoms with Crippen LogP contribution < -0.4 is 4.74 Å². The van der Waals surface area contributed by atoms with Crippen molar-refractivity contribution in [2.45, 2.75) is 0 Å². The highest BCUT2D eigenvalue weighted by Gasteiger charge is 2.17. The fourth-order valence-corrected chi connectivity index (χ4v) is 3.33. The van der Waals surface area contributed by atoms with Gasteiger partial charge < -0.3 is 18.9 Å². The highest BCUT2D eigenvalue weighted by molar-refractivity contribution is 6.33. The van der Waals surface area contributed by atoms with Crippen LogP contribution in [0.4, 0.5) is 0 Å². The third-order valence-corrected chi connectivity index (χ3v) is 5.03. The molecule has 0 aliphatic rings. The van der Waals surface area contributed by atoms with Crippen molar-refractivity contribution in [3.8, 4) is 28.5 Å². The van der Waals surface area contributed by atoms with Crippen molar-refractivity contribution in [1.82, 2.24) is 20.3 Å². The number of aromatic amines is 1. The van der Waals surface area contributed by atoms with Crippen molar-refractivity contribution in [3.63, 3.8) is 0 Å². The molecule has 0 radical (unpaired) electrons. The van der Waals surface area contributed by atoms with Gasteiger partial charge in [-0.2, -0.15) is 5.10 Å². The first-order valence-electron chi connectivity index (χ1n) is 9.56. The van der Waals surface area contributed by atoms with E-state index in [0.717, 1.165) is 16.5 Å². The van der Waals surface area contributed by atoms with Gasteiger partial charge >= 0.3 is 0 Å². The minimum absolute atomic E-state index is 0.0576. The van der Waals surface area contributed by atoms with Gasteiger partial charge in [-0.3, -0.25) is 9.89 Å². The molecule has 2 heterocycles. The molecule has 0 aliphatic carbocycles. The Hall–Kier alpha value is -3.36. The Bertz CT molecular complexity index is 1210. The van der Waals surface area contributed by atoms with Crippen LogP contribution in [0.5, 0.6) is 5.75 Å². The van der Waals surface area contributed by atoms with Crippen LogP contribution in [0.25, 0.3) is 33.6 Å². The fourth-order valence-electron chi connectivity index (χ4n) is 3.12. The van der Waals surface area contributed by atoms with Gasteiger partial charge in [0.2, 0.25) is 0 Å². The number of ether oxygens (including phenoxy) is 2. The quantitative estimate of drug-likeness (QED) is 0.431. The maximum Gasteiger partial charge on any atom is 0.253 e. The number of rotatable bonds is 7. The number of carbonyl (C=O) groups is 1. The number of hydrogen-bond acceptors (Lipinski definition) is 6. The Morgan fingerprint density at radius 2 is 1.94 bits per heavy atom. The number of benzene rings is 2. The second-order valence-corrected chi connectivity index (χ2v) is 7.50. The number of halogens is 1. The van der Waals surface area contributed by atoms with Gasteiger partial charge in [0.1, 0.15) is 23.7 Å². The number of carbonyl (C=O) groups excluding carboxylic acids is 1. The Labute approximate surface area is 183 Å². The van der Waals surface area contributed by atoms with Crippen molar-refractivity contribution >= 4 is 28.4 Å². The summed E-state index contributed by atoms with van der Waals surface area (Å²) in [5, 5.41) is 12.7. The molecular weight excluding hydrogens is 420 g/mol. The third kappa shape index (κ3) is 4.26. The summed E-state index contributed by atoms with van der Waals surface area (Å²) in [5.74, 6) is 0.990. The summed E-state index contributed by atoms with van der Waals surface area (Å²) in [6.07, 6.45) is 0. The number of H-pyrrole nitrogens is 1. The maximum absolute atomic E-state index is 12.1. The van der Waals surface area contributed by atoms with Crippen molar-refractivity contribution < 1.29 is 18.8 Å². The zero-order valence-corrected chi connectivity index (χ0v) is 18.1. The maximum atomic E-state index is 12.1. The van der Waals surface area contributed by atoms with Crippen LogP contribution in [0.15, 0.2) is 47.0 Å². The van der Waals surface area contributed by atoms with Crippen molar-refractivity contribution in [3.05, 3.63) is 53.1 Å². The van der Waals surface area contributed by atoms with Crippen LogP contribution in [-0.2, 0) is 4.74 Å². The molecule has 4 aromatic rings. The molecule has 31 heavy (non-hydrogen) atoms. The first kappa shape index (κ1) is 20.9. The van der Waals surface area contributed by atoms with Gasteiger partial charge in [-0.05, 0) is 18.2 Å². The van der Waals surface area contributed by atoms with Crippen LogP contribution in [0.2, 0.25) is 5.02 Å². The summed E-state index contributed by atoms with van der Waals surface area (Å²) in [5.41, 5.74) is 3.43. The predicted octanol–water partition coefficient (Wildman–Crippen LogP) is 4.27. The van der Waals surface area contributed by atoms with E-state index in [1.807, 2.05) is 12.1 Å². The van der Waals surface area contributed by atoms with Gasteiger partial charge in [0.05, 0.1) is 17.1 Å². The van der Waals surface area contributed by atoms with E-state index in [0.29, 0.717) is 46.7 Å². The van der Waals surface area contributed by atoms with Crippen LogP contribution in [0, 0.1) is 0 Å². The molecule has 160 valence electrons. The molecule has 2 aromatic carbocycles. The summed E-state index contributed by atoms with van der Waals surface area (Å²) in [7, 11) is 5.04. The molecule has 0 saturated carbocycles. The van der Waals surface area contributed by atoms with Gasteiger partial charge in [-0.25, -0.2) is 0 Å². The van der Waals surface area contributed by atoms with Gasteiger partial charge in [-0.15, -0.1) is 0 Å². The van der Waals surface area contributed by atoms with Crippen LogP contribution in [0.3, 0.4) is 0 Å².